The number of carbonyl (C=O) groups is 1. The van der Waals surface area contributed by atoms with E-state index in [9.17, 15) is 18.0 Å². The number of hydrogen-bond donors (Lipinski definition) is 1. The zero-order valence-electron chi connectivity index (χ0n) is 16.6. The second-order valence-corrected chi connectivity index (χ2v) is 9.99. The van der Waals surface area contributed by atoms with Gasteiger partial charge in [-0.1, -0.05) is 36.4 Å². The Labute approximate surface area is 178 Å². The molecular formula is C22H20N4O4S. The van der Waals surface area contributed by atoms with Gasteiger partial charge in [-0.2, -0.15) is 0 Å². The number of nitrogens with zero attached hydrogens (tertiary/aromatic N) is 3. The number of rotatable bonds is 4. The Morgan fingerprint density at radius 1 is 1.13 bits per heavy atom. The quantitative estimate of drug-likeness (QED) is 0.524. The van der Waals surface area contributed by atoms with E-state index in [1.165, 1.54) is 4.40 Å². The maximum absolute atomic E-state index is 13.1. The van der Waals surface area contributed by atoms with E-state index >= 15 is 0 Å². The second kappa shape index (κ2) is 7.35. The standard InChI is InChI=1S/C22H20N4O4S/c27-21(23-16-9-11-31(29,30)14-16)18-12-17-20(26(18)13-15-6-2-1-3-7-15)24-19-8-4-5-10-25(19)22(17)28/h1-8,10,12,16H,9,11,13-14H2,(H,23,27)/t16-/m0/s1. The molecule has 1 amide bonds. The third kappa shape index (κ3) is 3.61. The first-order chi connectivity index (χ1) is 14.9. The Bertz CT molecular complexity index is 1470. The Kier molecular flexibility index (Phi) is 4.62. The van der Waals surface area contributed by atoms with Crippen molar-refractivity contribution in [2.24, 2.45) is 0 Å². The Morgan fingerprint density at radius 3 is 2.65 bits per heavy atom. The lowest BCUT2D eigenvalue weighted by molar-refractivity contribution is 0.0932. The number of pyridine rings is 1. The molecule has 1 N–H and O–H groups in total. The average Bonchev–Trinajstić information content (AvgIpc) is 3.29. The van der Waals surface area contributed by atoms with Gasteiger partial charge in [0.15, 0.2) is 9.84 Å². The topological polar surface area (TPSA) is 103 Å². The number of amides is 1. The van der Waals surface area contributed by atoms with Crippen molar-refractivity contribution in [3.8, 4) is 0 Å². The summed E-state index contributed by atoms with van der Waals surface area (Å²) in [6.07, 6.45) is 2.03. The van der Waals surface area contributed by atoms with Gasteiger partial charge in [-0.05, 0) is 30.2 Å². The van der Waals surface area contributed by atoms with E-state index in [-0.39, 0.29) is 22.8 Å². The highest BCUT2D eigenvalue weighted by atomic mass is 32.2. The first-order valence-electron chi connectivity index (χ1n) is 9.97. The molecule has 1 aliphatic rings. The minimum Gasteiger partial charge on any atom is -0.347 e. The van der Waals surface area contributed by atoms with Gasteiger partial charge >= 0.3 is 0 Å². The van der Waals surface area contributed by atoms with Crippen LogP contribution in [0.5, 0.6) is 0 Å². The van der Waals surface area contributed by atoms with Crippen molar-refractivity contribution in [1.29, 1.82) is 0 Å². The third-order valence-corrected chi connectivity index (χ3v) is 7.33. The van der Waals surface area contributed by atoms with Gasteiger partial charge in [-0.25, -0.2) is 13.4 Å². The van der Waals surface area contributed by atoms with Crippen LogP contribution < -0.4 is 10.9 Å². The Balaban J connectivity index is 1.64. The number of benzene rings is 1. The maximum atomic E-state index is 13.1. The van der Waals surface area contributed by atoms with Gasteiger partial charge in [0.25, 0.3) is 11.5 Å². The molecule has 0 spiro atoms. The van der Waals surface area contributed by atoms with Crippen LogP contribution in [0.1, 0.15) is 22.5 Å². The predicted octanol–water partition coefficient (Wildman–Crippen LogP) is 1.61. The molecule has 3 aromatic heterocycles. The zero-order valence-corrected chi connectivity index (χ0v) is 17.4. The van der Waals surface area contributed by atoms with Crippen LogP contribution >= 0.6 is 0 Å². The monoisotopic (exact) mass is 436 g/mol. The number of aromatic nitrogens is 3. The summed E-state index contributed by atoms with van der Waals surface area (Å²) >= 11 is 0. The summed E-state index contributed by atoms with van der Waals surface area (Å²) < 4.78 is 26.7. The van der Waals surface area contributed by atoms with Crippen LogP contribution in [0.4, 0.5) is 0 Å². The van der Waals surface area contributed by atoms with Crippen LogP contribution in [-0.2, 0) is 16.4 Å². The van der Waals surface area contributed by atoms with Crippen LogP contribution in [-0.4, -0.2) is 45.8 Å². The molecule has 0 bridgehead atoms. The van der Waals surface area contributed by atoms with Gasteiger partial charge in [0.05, 0.1) is 16.9 Å². The Hall–Kier alpha value is -3.46. The first-order valence-corrected chi connectivity index (χ1v) is 11.8. The van der Waals surface area contributed by atoms with Gasteiger partial charge in [-0.15, -0.1) is 0 Å². The van der Waals surface area contributed by atoms with E-state index in [1.807, 2.05) is 30.3 Å². The summed E-state index contributed by atoms with van der Waals surface area (Å²) in [5, 5.41) is 3.16. The lowest BCUT2D eigenvalue weighted by Gasteiger charge is -2.14. The summed E-state index contributed by atoms with van der Waals surface area (Å²) in [5.74, 6) is -0.411. The Morgan fingerprint density at radius 2 is 1.90 bits per heavy atom. The first kappa shape index (κ1) is 19.5. The smallest absolute Gasteiger partial charge is 0.268 e. The molecule has 4 aromatic rings. The number of carbonyl (C=O) groups excluding carboxylic acids is 1. The molecule has 4 heterocycles. The van der Waals surface area contributed by atoms with Crippen molar-refractivity contribution < 1.29 is 13.2 Å². The van der Waals surface area contributed by atoms with Gasteiger partial charge in [0, 0.05) is 18.8 Å². The molecule has 5 rings (SSSR count). The molecule has 1 fully saturated rings. The lowest BCUT2D eigenvalue weighted by atomic mass is 10.2. The minimum atomic E-state index is -3.13. The molecule has 9 heteroatoms. The maximum Gasteiger partial charge on any atom is 0.268 e. The average molecular weight is 436 g/mol. The van der Waals surface area contributed by atoms with Crippen LogP contribution in [0.3, 0.4) is 0 Å². The lowest BCUT2D eigenvalue weighted by Crippen LogP contribution is -2.36. The molecular weight excluding hydrogens is 416 g/mol. The highest BCUT2D eigenvalue weighted by Gasteiger charge is 2.30. The summed E-state index contributed by atoms with van der Waals surface area (Å²) in [7, 11) is -3.13. The summed E-state index contributed by atoms with van der Waals surface area (Å²) in [6, 6.07) is 16.0. The molecule has 0 unspecified atom stereocenters. The number of hydrogen-bond acceptors (Lipinski definition) is 5. The molecule has 0 saturated carbocycles. The SMILES string of the molecule is O=C(N[C@H]1CCS(=O)(=O)C1)c1cc2c(=O)n3ccccc3nc2n1Cc1ccccc1. The molecule has 1 aromatic carbocycles. The fraction of sp³-hybridized carbons (Fsp3) is 0.227. The molecule has 1 saturated heterocycles. The summed E-state index contributed by atoms with van der Waals surface area (Å²) in [6.45, 7) is 0.353. The van der Waals surface area contributed by atoms with Crippen molar-refractivity contribution >= 4 is 32.4 Å². The summed E-state index contributed by atoms with van der Waals surface area (Å²) in [5.41, 5.74) is 1.88. The van der Waals surface area contributed by atoms with Crippen LogP contribution in [0, 0.1) is 0 Å². The van der Waals surface area contributed by atoms with E-state index in [2.05, 4.69) is 10.3 Å². The van der Waals surface area contributed by atoms with Crippen molar-refractivity contribution in [2.75, 3.05) is 11.5 Å². The fourth-order valence-electron chi connectivity index (χ4n) is 4.03. The van der Waals surface area contributed by atoms with Gasteiger partial charge in [0.2, 0.25) is 0 Å². The minimum absolute atomic E-state index is 0.0670. The van der Waals surface area contributed by atoms with Crippen LogP contribution in [0.15, 0.2) is 65.6 Å². The van der Waals surface area contributed by atoms with Crippen molar-refractivity contribution in [3.63, 3.8) is 0 Å². The molecule has 0 aliphatic carbocycles. The van der Waals surface area contributed by atoms with Gasteiger partial charge in [0.1, 0.15) is 17.0 Å². The van der Waals surface area contributed by atoms with Gasteiger partial charge in [-0.3, -0.25) is 14.0 Å². The zero-order chi connectivity index (χ0) is 21.6. The highest BCUT2D eigenvalue weighted by Crippen LogP contribution is 2.20. The molecule has 1 aliphatic heterocycles. The van der Waals surface area contributed by atoms with Crippen molar-refractivity contribution in [2.45, 2.75) is 19.0 Å². The number of nitrogens with one attached hydrogen (secondary N) is 1. The predicted molar refractivity (Wildman–Crippen MR) is 117 cm³/mol. The molecule has 31 heavy (non-hydrogen) atoms. The van der Waals surface area contributed by atoms with Gasteiger partial charge < -0.3 is 9.88 Å². The molecule has 8 nitrogen and oxygen atoms in total. The number of sulfone groups is 1. The van der Waals surface area contributed by atoms with E-state index in [0.29, 0.717) is 29.6 Å². The third-order valence-electron chi connectivity index (χ3n) is 5.56. The second-order valence-electron chi connectivity index (χ2n) is 7.76. The summed E-state index contributed by atoms with van der Waals surface area (Å²) in [4.78, 5) is 30.8. The largest absolute Gasteiger partial charge is 0.347 e. The van der Waals surface area contributed by atoms with E-state index in [1.54, 1.807) is 35.0 Å². The molecule has 1 atom stereocenters. The fourth-order valence-corrected chi connectivity index (χ4v) is 5.71. The van der Waals surface area contributed by atoms with Crippen LogP contribution in [0.25, 0.3) is 16.7 Å². The van der Waals surface area contributed by atoms with E-state index in [0.717, 1.165) is 5.56 Å². The van der Waals surface area contributed by atoms with Crippen molar-refractivity contribution in [3.05, 3.63) is 82.4 Å². The van der Waals surface area contributed by atoms with Crippen molar-refractivity contribution in [1.82, 2.24) is 19.3 Å². The number of fused-ring (bicyclic) bond motifs is 2. The highest BCUT2D eigenvalue weighted by molar-refractivity contribution is 7.91. The molecule has 0 radical (unpaired) electrons. The van der Waals surface area contributed by atoms with Crippen LogP contribution in [0.2, 0.25) is 0 Å². The normalized spacial score (nSPS) is 17.9. The van der Waals surface area contributed by atoms with E-state index < -0.39 is 21.8 Å². The molecule has 158 valence electrons. The van der Waals surface area contributed by atoms with E-state index in [4.69, 9.17) is 0 Å².